The molecule has 1 N–H and O–H groups in total. The SMILES string of the molecule is Cc1cccc(C(C)NS(=O)(=O)c2ccnn2C(C)C)n1. The minimum absolute atomic E-state index is 0.0287. The first-order valence-electron chi connectivity index (χ1n) is 6.80. The average molecular weight is 308 g/mol. The summed E-state index contributed by atoms with van der Waals surface area (Å²) in [5.74, 6) is 0. The number of sulfonamides is 1. The predicted octanol–water partition coefficient (Wildman–Crippen LogP) is 2.21. The summed E-state index contributed by atoms with van der Waals surface area (Å²) in [6.07, 6.45) is 1.49. The lowest BCUT2D eigenvalue weighted by Gasteiger charge is -2.16. The van der Waals surface area contributed by atoms with E-state index in [9.17, 15) is 8.42 Å². The van der Waals surface area contributed by atoms with E-state index in [1.807, 2.05) is 32.9 Å². The highest BCUT2D eigenvalue weighted by molar-refractivity contribution is 7.89. The number of aryl methyl sites for hydroxylation is 1. The van der Waals surface area contributed by atoms with Crippen molar-refractivity contribution >= 4 is 10.0 Å². The Morgan fingerprint density at radius 2 is 1.90 bits per heavy atom. The third kappa shape index (κ3) is 3.48. The van der Waals surface area contributed by atoms with Crippen molar-refractivity contribution in [3.63, 3.8) is 0 Å². The Bertz CT molecular complexity index is 722. The maximum Gasteiger partial charge on any atom is 0.258 e. The molecule has 7 heteroatoms. The summed E-state index contributed by atoms with van der Waals surface area (Å²) in [6.45, 7) is 7.42. The highest BCUT2D eigenvalue weighted by Gasteiger charge is 2.23. The van der Waals surface area contributed by atoms with Crippen LogP contribution < -0.4 is 4.72 Å². The molecule has 6 nitrogen and oxygen atoms in total. The summed E-state index contributed by atoms with van der Waals surface area (Å²) in [7, 11) is -3.64. The Hall–Kier alpha value is -1.73. The Balaban J connectivity index is 2.27. The lowest BCUT2D eigenvalue weighted by Crippen LogP contribution is -2.29. The number of hydrogen-bond donors (Lipinski definition) is 1. The zero-order valence-corrected chi connectivity index (χ0v) is 13.4. The molecule has 0 aliphatic rings. The van der Waals surface area contributed by atoms with Gasteiger partial charge in [-0.1, -0.05) is 6.07 Å². The smallest absolute Gasteiger partial charge is 0.256 e. The van der Waals surface area contributed by atoms with E-state index in [2.05, 4.69) is 14.8 Å². The van der Waals surface area contributed by atoms with Crippen LogP contribution in [0.1, 0.15) is 44.2 Å². The fraction of sp³-hybridized carbons (Fsp3) is 0.429. The largest absolute Gasteiger partial charge is 0.258 e. The molecule has 21 heavy (non-hydrogen) atoms. The fourth-order valence-electron chi connectivity index (χ4n) is 2.06. The summed E-state index contributed by atoms with van der Waals surface area (Å²) >= 11 is 0. The normalized spacial score (nSPS) is 13.6. The molecular weight excluding hydrogens is 288 g/mol. The topological polar surface area (TPSA) is 76.9 Å². The Morgan fingerprint density at radius 3 is 2.52 bits per heavy atom. The molecule has 0 saturated heterocycles. The number of nitrogens with zero attached hydrogens (tertiary/aromatic N) is 3. The van der Waals surface area contributed by atoms with E-state index in [-0.39, 0.29) is 11.1 Å². The van der Waals surface area contributed by atoms with Crippen molar-refractivity contribution in [2.24, 2.45) is 0 Å². The highest BCUT2D eigenvalue weighted by Crippen LogP contribution is 2.18. The van der Waals surface area contributed by atoms with Crippen LogP contribution in [0.25, 0.3) is 0 Å². The van der Waals surface area contributed by atoms with E-state index in [1.54, 1.807) is 13.0 Å². The molecule has 2 aromatic rings. The molecule has 0 saturated carbocycles. The summed E-state index contributed by atoms with van der Waals surface area (Å²) in [4.78, 5) is 4.35. The van der Waals surface area contributed by atoms with E-state index in [0.29, 0.717) is 5.69 Å². The summed E-state index contributed by atoms with van der Waals surface area (Å²) in [6, 6.07) is 6.60. The summed E-state index contributed by atoms with van der Waals surface area (Å²) in [5, 5.41) is 4.22. The van der Waals surface area contributed by atoms with Gasteiger partial charge in [-0.3, -0.25) is 9.67 Å². The molecule has 0 fully saturated rings. The number of rotatable bonds is 5. The Labute approximate surface area is 125 Å². The van der Waals surface area contributed by atoms with Crippen molar-refractivity contribution in [1.29, 1.82) is 0 Å². The molecular formula is C14H20N4O2S. The van der Waals surface area contributed by atoms with Crippen LogP contribution in [-0.2, 0) is 10.0 Å². The maximum absolute atomic E-state index is 12.5. The molecule has 114 valence electrons. The molecule has 1 unspecified atom stereocenters. The highest BCUT2D eigenvalue weighted by atomic mass is 32.2. The second kappa shape index (κ2) is 5.95. The van der Waals surface area contributed by atoms with Crippen molar-refractivity contribution in [3.8, 4) is 0 Å². The van der Waals surface area contributed by atoms with Gasteiger partial charge in [-0.05, 0) is 45.9 Å². The molecule has 0 aromatic carbocycles. The van der Waals surface area contributed by atoms with Crippen molar-refractivity contribution in [2.75, 3.05) is 0 Å². The summed E-state index contributed by atoms with van der Waals surface area (Å²) in [5.41, 5.74) is 1.54. The van der Waals surface area contributed by atoms with Crippen LogP contribution >= 0.6 is 0 Å². The van der Waals surface area contributed by atoms with Crippen LogP contribution in [0.15, 0.2) is 35.5 Å². The van der Waals surface area contributed by atoms with Crippen molar-refractivity contribution in [3.05, 3.63) is 41.9 Å². The van der Waals surface area contributed by atoms with Crippen LogP contribution in [0.2, 0.25) is 0 Å². The second-order valence-electron chi connectivity index (χ2n) is 5.25. The zero-order chi connectivity index (χ0) is 15.6. The Morgan fingerprint density at radius 1 is 1.19 bits per heavy atom. The molecule has 0 aliphatic carbocycles. The van der Waals surface area contributed by atoms with E-state index in [0.717, 1.165) is 5.69 Å². The maximum atomic E-state index is 12.5. The molecule has 0 spiro atoms. The van der Waals surface area contributed by atoms with E-state index in [4.69, 9.17) is 0 Å². The van der Waals surface area contributed by atoms with Gasteiger partial charge in [0.25, 0.3) is 10.0 Å². The van der Waals surface area contributed by atoms with Gasteiger partial charge in [0.15, 0.2) is 5.03 Å². The van der Waals surface area contributed by atoms with Crippen LogP contribution in [0.3, 0.4) is 0 Å². The van der Waals surface area contributed by atoms with Gasteiger partial charge >= 0.3 is 0 Å². The molecule has 0 bridgehead atoms. The number of aromatic nitrogens is 3. The van der Waals surface area contributed by atoms with Crippen molar-refractivity contribution < 1.29 is 8.42 Å². The molecule has 0 aliphatic heterocycles. The number of pyridine rings is 1. The molecule has 1 atom stereocenters. The first-order chi connectivity index (χ1) is 9.81. The van der Waals surface area contributed by atoms with Gasteiger partial charge in [-0.2, -0.15) is 5.10 Å². The minimum atomic E-state index is -3.64. The third-order valence-corrected chi connectivity index (χ3v) is 4.62. The lowest BCUT2D eigenvalue weighted by molar-refractivity contribution is 0.472. The number of hydrogen-bond acceptors (Lipinski definition) is 4. The lowest BCUT2D eigenvalue weighted by atomic mass is 10.2. The molecule has 2 rings (SSSR count). The van der Waals surface area contributed by atoms with E-state index in [1.165, 1.54) is 16.9 Å². The van der Waals surface area contributed by atoms with E-state index < -0.39 is 16.1 Å². The van der Waals surface area contributed by atoms with Crippen molar-refractivity contribution in [2.45, 2.75) is 44.8 Å². The van der Waals surface area contributed by atoms with Gasteiger partial charge < -0.3 is 0 Å². The standard InChI is InChI=1S/C14H20N4O2S/c1-10(2)18-14(8-9-15-18)21(19,20)17-12(4)13-7-5-6-11(3)16-13/h5-10,12,17H,1-4H3. The monoisotopic (exact) mass is 308 g/mol. The quantitative estimate of drug-likeness (QED) is 0.918. The molecule has 0 radical (unpaired) electrons. The first kappa shape index (κ1) is 15.7. The first-order valence-corrected chi connectivity index (χ1v) is 8.29. The van der Waals surface area contributed by atoms with Crippen LogP contribution in [0.4, 0.5) is 0 Å². The molecule has 2 heterocycles. The van der Waals surface area contributed by atoms with Crippen LogP contribution in [0.5, 0.6) is 0 Å². The minimum Gasteiger partial charge on any atom is -0.256 e. The van der Waals surface area contributed by atoms with Gasteiger partial charge in [0.05, 0.1) is 17.9 Å². The van der Waals surface area contributed by atoms with E-state index >= 15 is 0 Å². The average Bonchev–Trinajstić information content (AvgIpc) is 2.88. The zero-order valence-electron chi connectivity index (χ0n) is 12.6. The summed E-state index contributed by atoms with van der Waals surface area (Å²) < 4.78 is 29.1. The van der Waals surface area contributed by atoms with Gasteiger partial charge in [0.1, 0.15) is 0 Å². The number of nitrogens with one attached hydrogen (secondary N) is 1. The molecule has 2 aromatic heterocycles. The van der Waals surface area contributed by atoms with Gasteiger partial charge in [-0.15, -0.1) is 0 Å². The predicted molar refractivity (Wildman–Crippen MR) is 80.3 cm³/mol. The van der Waals surface area contributed by atoms with Crippen molar-refractivity contribution in [1.82, 2.24) is 19.5 Å². The fourth-order valence-corrected chi connectivity index (χ4v) is 3.51. The Kier molecular flexibility index (Phi) is 4.43. The van der Waals surface area contributed by atoms with Gasteiger partial charge in [0.2, 0.25) is 0 Å². The molecule has 0 amide bonds. The van der Waals surface area contributed by atoms with Gasteiger partial charge in [-0.25, -0.2) is 13.1 Å². The van der Waals surface area contributed by atoms with Crippen LogP contribution in [-0.4, -0.2) is 23.2 Å². The van der Waals surface area contributed by atoms with Gasteiger partial charge in [0, 0.05) is 11.7 Å². The second-order valence-corrected chi connectivity index (χ2v) is 6.92. The van der Waals surface area contributed by atoms with Crippen LogP contribution in [0, 0.1) is 6.92 Å². The third-order valence-electron chi connectivity index (χ3n) is 3.08.